The summed E-state index contributed by atoms with van der Waals surface area (Å²) in [5, 5.41) is 3.67. The fourth-order valence-electron chi connectivity index (χ4n) is 0.310. The van der Waals surface area contributed by atoms with Crippen LogP contribution in [0, 0.1) is 0 Å². The molecule has 2 amide bonds. The van der Waals surface area contributed by atoms with E-state index in [-0.39, 0.29) is 0 Å². The van der Waals surface area contributed by atoms with Gasteiger partial charge in [0.05, 0.1) is 10.3 Å². The number of amides is 2. The van der Waals surface area contributed by atoms with Crippen LogP contribution >= 0.6 is 24.4 Å². The number of hydrogen-bond acceptors (Lipinski definition) is 4. The molecule has 0 aromatic carbocycles. The predicted molar refractivity (Wildman–Crippen MR) is 44.7 cm³/mol. The van der Waals surface area contributed by atoms with Gasteiger partial charge < -0.3 is 0 Å². The zero-order chi connectivity index (χ0) is 8.69. The van der Waals surface area contributed by atoms with Gasteiger partial charge >= 0.3 is 0 Å². The lowest BCUT2D eigenvalue weighted by Crippen LogP contribution is -2.01. The van der Waals surface area contributed by atoms with Crippen LogP contribution in [0.15, 0.2) is 9.98 Å². The molecule has 56 valence electrons. The van der Waals surface area contributed by atoms with Crippen LogP contribution in [0.25, 0.3) is 0 Å². The zero-order valence-electron chi connectivity index (χ0n) is 5.23. The van der Waals surface area contributed by atoms with Crippen molar-refractivity contribution >= 4 is 46.6 Å². The molecule has 0 saturated heterocycles. The largest absolute Gasteiger partial charge is 0.271 e. The first kappa shape index (κ1) is 9.94. The minimum atomic E-state index is -0.681. The first-order valence-electron chi connectivity index (χ1n) is 2.42. The number of thiocarbonyl (C=S) groups is 2. The van der Waals surface area contributed by atoms with E-state index in [4.69, 9.17) is 0 Å². The van der Waals surface area contributed by atoms with E-state index in [1.54, 1.807) is 0 Å². The Kier molecular flexibility index (Phi) is 5.15. The molecule has 4 nitrogen and oxygen atoms in total. The molecule has 0 aromatic rings. The summed E-state index contributed by atoms with van der Waals surface area (Å²) in [7, 11) is 0. The van der Waals surface area contributed by atoms with Crippen LogP contribution in [-0.2, 0) is 9.59 Å². The highest BCUT2D eigenvalue weighted by atomic mass is 32.1. The Labute approximate surface area is 73.0 Å². The standard InChI is InChI=1S/C5H2N2O2S2/c8-4(6-2-10)1-5(9)7-3-11/h1H2. The van der Waals surface area contributed by atoms with Crippen LogP contribution in [0.2, 0.25) is 0 Å². The van der Waals surface area contributed by atoms with Crippen molar-refractivity contribution in [2.45, 2.75) is 6.42 Å². The first-order chi connectivity index (χ1) is 5.20. The number of hydrogen-bond donors (Lipinski definition) is 0. The second-order valence-corrected chi connectivity index (χ2v) is 1.74. The van der Waals surface area contributed by atoms with Crippen molar-refractivity contribution < 1.29 is 9.59 Å². The Morgan fingerprint density at radius 2 is 1.45 bits per heavy atom. The van der Waals surface area contributed by atoms with E-state index in [2.05, 4.69) is 34.4 Å². The number of nitrogens with zero attached hydrogens (tertiary/aromatic N) is 2. The number of carbonyl (C=O) groups is 2. The second kappa shape index (κ2) is 5.70. The van der Waals surface area contributed by atoms with Crippen molar-refractivity contribution in [3.63, 3.8) is 0 Å². The smallest absolute Gasteiger partial charge is 0.264 e. The number of isothiocyanates is 2. The average Bonchev–Trinajstić information content (AvgIpc) is 1.87. The van der Waals surface area contributed by atoms with Crippen molar-refractivity contribution in [3.8, 4) is 0 Å². The fraction of sp³-hybridized carbons (Fsp3) is 0.200. The molecule has 0 unspecified atom stereocenters. The highest BCUT2D eigenvalue weighted by Crippen LogP contribution is 1.86. The van der Waals surface area contributed by atoms with Gasteiger partial charge in [-0.25, -0.2) is 0 Å². The molecule has 0 saturated carbocycles. The second-order valence-electron chi connectivity index (χ2n) is 1.37. The van der Waals surface area contributed by atoms with Crippen LogP contribution in [-0.4, -0.2) is 22.1 Å². The SMILES string of the molecule is O=C(CC(=O)N=C=S)N=C=S. The monoisotopic (exact) mass is 186 g/mol. The lowest BCUT2D eigenvalue weighted by atomic mass is 10.4. The minimum Gasteiger partial charge on any atom is -0.271 e. The van der Waals surface area contributed by atoms with E-state index in [0.29, 0.717) is 0 Å². The lowest BCUT2D eigenvalue weighted by Gasteiger charge is -1.82. The summed E-state index contributed by atoms with van der Waals surface area (Å²) in [5.74, 6) is -1.36. The summed E-state index contributed by atoms with van der Waals surface area (Å²) in [6, 6.07) is 0. The normalized spacial score (nSPS) is 7.27. The van der Waals surface area contributed by atoms with Gasteiger partial charge in [0.15, 0.2) is 0 Å². The summed E-state index contributed by atoms with van der Waals surface area (Å²) in [5.41, 5.74) is 0. The highest BCUT2D eigenvalue weighted by molar-refractivity contribution is 7.78. The van der Waals surface area contributed by atoms with Crippen LogP contribution in [0.1, 0.15) is 6.42 Å². The Bertz CT molecular complexity index is 246. The maximum Gasteiger partial charge on any atom is 0.264 e. The molecule has 0 spiro atoms. The van der Waals surface area contributed by atoms with Gasteiger partial charge in [0, 0.05) is 0 Å². The van der Waals surface area contributed by atoms with Crippen molar-refractivity contribution in [2.75, 3.05) is 0 Å². The van der Waals surface area contributed by atoms with E-state index in [1.807, 2.05) is 10.3 Å². The number of rotatable bonds is 2. The summed E-state index contributed by atoms with van der Waals surface area (Å²) in [6.45, 7) is 0. The van der Waals surface area contributed by atoms with E-state index >= 15 is 0 Å². The summed E-state index contributed by atoms with van der Waals surface area (Å²) in [6.07, 6.45) is -0.437. The topological polar surface area (TPSA) is 58.9 Å². The van der Waals surface area contributed by atoms with Gasteiger partial charge in [-0.1, -0.05) is 0 Å². The molecular formula is C5H2N2O2S2. The molecule has 0 rings (SSSR count). The molecular weight excluding hydrogens is 184 g/mol. The van der Waals surface area contributed by atoms with E-state index in [1.165, 1.54) is 0 Å². The van der Waals surface area contributed by atoms with Gasteiger partial charge in [-0.2, -0.15) is 9.98 Å². The Morgan fingerprint density at radius 1 is 1.09 bits per heavy atom. The van der Waals surface area contributed by atoms with Crippen molar-refractivity contribution in [1.82, 2.24) is 0 Å². The molecule has 0 atom stereocenters. The highest BCUT2D eigenvalue weighted by Gasteiger charge is 2.04. The van der Waals surface area contributed by atoms with Gasteiger partial charge in [0.2, 0.25) is 0 Å². The molecule has 0 aliphatic rings. The number of aliphatic imine (C=N–C) groups is 2. The Hall–Kier alpha value is -1.06. The van der Waals surface area contributed by atoms with Gasteiger partial charge in [0.25, 0.3) is 11.8 Å². The van der Waals surface area contributed by atoms with Crippen molar-refractivity contribution in [2.24, 2.45) is 9.98 Å². The molecule has 6 heteroatoms. The van der Waals surface area contributed by atoms with Gasteiger partial charge in [-0.3, -0.25) is 9.59 Å². The maximum atomic E-state index is 10.5. The molecule has 0 aromatic heterocycles. The third-order valence-electron chi connectivity index (χ3n) is 0.643. The minimum absolute atomic E-state index is 0.437. The van der Waals surface area contributed by atoms with E-state index < -0.39 is 18.2 Å². The maximum absolute atomic E-state index is 10.5. The molecule has 0 aliphatic heterocycles. The van der Waals surface area contributed by atoms with Crippen LogP contribution in [0.5, 0.6) is 0 Å². The third-order valence-corrected chi connectivity index (χ3v) is 0.826. The molecule has 0 N–H and O–H groups in total. The zero-order valence-corrected chi connectivity index (χ0v) is 6.87. The summed E-state index contributed by atoms with van der Waals surface area (Å²) in [4.78, 5) is 27.0. The van der Waals surface area contributed by atoms with Gasteiger partial charge in [0.1, 0.15) is 6.42 Å². The first-order valence-corrected chi connectivity index (χ1v) is 3.23. The fourth-order valence-corrected chi connectivity index (χ4v) is 0.514. The Balaban J connectivity index is 4.05. The van der Waals surface area contributed by atoms with E-state index in [0.717, 1.165) is 0 Å². The molecule has 0 bridgehead atoms. The van der Waals surface area contributed by atoms with E-state index in [9.17, 15) is 9.59 Å². The van der Waals surface area contributed by atoms with Crippen LogP contribution < -0.4 is 0 Å². The quantitative estimate of drug-likeness (QED) is 0.360. The number of carbonyl (C=O) groups excluding carboxylic acids is 2. The lowest BCUT2D eigenvalue weighted by molar-refractivity contribution is -0.125. The van der Waals surface area contributed by atoms with Crippen molar-refractivity contribution in [3.05, 3.63) is 0 Å². The van der Waals surface area contributed by atoms with Crippen molar-refractivity contribution in [1.29, 1.82) is 0 Å². The molecule has 0 fully saturated rings. The predicted octanol–water partition coefficient (Wildman–Crippen LogP) is 0.635. The molecule has 11 heavy (non-hydrogen) atoms. The molecule has 0 aliphatic carbocycles. The summed E-state index contributed by atoms with van der Waals surface area (Å²) < 4.78 is 0. The summed E-state index contributed by atoms with van der Waals surface area (Å²) >= 11 is 8.26. The third kappa shape index (κ3) is 5.39. The molecule has 0 heterocycles. The Morgan fingerprint density at radius 3 is 1.73 bits per heavy atom. The average molecular weight is 186 g/mol. The van der Waals surface area contributed by atoms with Gasteiger partial charge in [-0.05, 0) is 24.4 Å². The van der Waals surface area contributed by atoms with Crippen LogP contribution in [0.4, 0.5) is 0 Å². The molecule has 0 radical (unpaired) electrons. The van der Waals surface area contributed by atoms with Gasteiger partial charge in [-0.15, -0.1) is 0 Å². The van der Waals surface area contributed by atoms with Crippen LogP contribution in [0.3, 0.4) is 0 Å².